The first-order valence-corrected chi connectivity index (χ1v) is 7.02. The van der Waals surface area contributed by atoms with Crippen molar-refractivity contribution in [1.29, 1.82) is 0 Å². The van der Waals surface area contributed by atoms with Crippen LogP contribution in [0.15, 0.2) is 36.0 Å². The second-order valence-corrected chi connectivity index (χ2v) is 5.76. The van der Waals surface area contributed by atoms with Gasteiger partial charge in [0.05, 0.1) is 11.6 Å². The molecule has 4 heteroatoms. The Morgan fingerprint density at radius 2 is 2.22 bits per heavy atom. The van der Waals surface area contributed by atoms with Crippen molar-refractivity contribution in [3.05, 3.63) is 52.0 Å². The van der Waals surface area contributed by atoms with Gasteiger partial charge in [-0.15, -0.1) is 11.3 Å². The molecule has 3 N–H and O–H groups in total. The van der Waals surface area contributed by atoms with E-state index in [-0.39, 0.29) is 6.04 Å². The SMILES string of the molecule is CC(C)Cc1cccc(C(NN)c2cncs2)c1. The van der Waals surface area contributed by atoms with Crippen LogP contribution in [0.5, 0.6) is 0 Å². The number of hydrazine groups is 1. The lowest BCUT2D eigenvalue weighted by molar-refractivity contribution is 0.633. The van der Waals surface area contributed by atoms with Crippen LogP contribution in [0.25, 0.3) is 0 Å². The van der Waals surface area contributed by atoms with E-state index in [1.54, 1.807) is 11.3 Å². The van der Waals surface area contributed by atoms with Gasteiger partial charge in [-0.1, -0.05) is 38.1 Å². The summed E-state index contributed by atoms with van der Waals surface area (Å²) in [5.74, 6) is 6.34. The Kier molecular flexibility index (Phi) is 4.47. The van der Waals surface area contributed by atoms with Crippen molar-refractivity contribution in [1.82, 2.24) is 10.4 Å². The Morgan fingerprint density at radius 1 is 1.39 bits per heavy atom. The maximum Gasteiger partial charge on any atom is 0.0818 e. The number of nitrogens with one attached hydrogen (secondary N) is 1. The van der Waals surface area contributed by atoms with Gasteiger partial charge in [-0.3, -0.25) is 10.8 Å². The molecule has 1 atom stereocenters. The number of nitrogens with two attached hydrogens (primary N) is 1. The van der Waals surface area contributed by atoms with E-state index < -0.39 is 0 Å². The molecule has 0 aliphatic rings. The summed E-state index contributed by atoms with van der Waals surface area (Å²) >= 11 is 1.62. The summed E-state index contributed by atoms with van der Waals surface area (Å²) in [5, 5.41) is 0. The van der Waals surface area contributed by atoms with Gasteiger partial charge < -0.3 is 0 Å². The third-order valence-corrected chi connectivity index (χ3v) is 3.67. The maximum absolute atomic E-state index is 5.68. The molecule has 1 heterocycles. The van der Waals surface area contributed by atoms with E-state index in [0.29, 0.717) is 5.92 Å². The van der Waals surface area contributed by atoms with Crippen LogP contribution in [0.2, 0.25) is 0 Å². The summed E-state index contributed by atoms with van der Waals surface area (Å²) in [6.07, 6.45) is 2.96. The number of nitrogens with zero attached hydrogens (tertiary/aromatic N) is 1. The third-order valence-electron chi connectivity index (χ3n) is 2.83. The quantitative estimate of drug-likeness (QED) is 0.643. The molecule has 0 aliphatic heterocycles. The zero-order valence-corrected chi connectivity index (χ0v) is 11.6. The van der Waals surface area contributed by atoms with Crippen LogP contribution in [-0.4, -0.2) is 4.98 Å². The number of thiazole rings is 1. The Balaban J connectivity index is 2.26. The van der Waals surface area contributed by atoms with E-state index in [1.807, 2.05) is 11.7 Å². The number of aromatic nitrogens is 1. The molecule has 0 saturated carbocycles. The van der Waals surface area contributed by atoms with Crippen molar-refractivity contribution in [2.24, 2.45) is 11.8 Å². The summed E-state index contributed by atoms with van der Waals surface area (Å²) < 4.78 is 0. The Morgan fingerprint density at radius 3 is 2.83 bits per heavy atom. The normalized spacial score (nSPS) is 12.9. The highest BCUT2D eigenvalue weighted by Crippen LogP contribution is 2.25. The average Bonchev–Trinajstić information content (AvgIpc) is 2.83. The number of hydrogen-bond acceptors (Lipinski definition) is 4. The lowest BCUT2D eigenvalue weighted by Crippen LogP contribution is -2.28. The van der Waals surface area contributed by atoms with Gasteiger partial charge in [0.15, 0.2) is 0 Å². The lowest BCUT2D eigenvalue weighted by Gasteiger charge is -2.15. The molecule has 3 nitrogen and oxygen atoms in total. The van der Waals surface area contributed by atoms with Gasteiger partial charge in [-0.2, -0.15) is 0 Å². The van der Waals surface area contributed by atoms with Crippen molar-refractivity contribution < 1.29 is 0 Å². The first kappa shape index (κ1) is 13.2. The Bertz CT molecular complexity index is 480. The zero-order chi connectivity index (χ0) is 13.0. The predicted molar refractivity (Wildman–Crippen MR) is 76.3 cm³/mol. The van der Waals surface area contributed by atoms with Gasteiger partial charge in [-0.05, 0) is 23.5 Å². The average molecular weight is 261 g/mol. The molecule has 96 valence electrons. The van der Waals surface area contributed by atoms with Gasteiger partial charge in [0, 0.05) is 11.1 Å². The van der Waals surface area contributed by atoms with Crippen LogP contribution < -0.4 is 11.3 Å². The van der Waals surface area contributed by atoms with Gasteiger partial charge in [0.1, 0.15) is 0 Å². The fourth-order valence-corrected chi connectivity index (χ4v) is 2.79. The largest absolute Gasteiger partial charge is 0.271 e. The molecule has 1 aromatic carbocycles. The van der Waals surface area contributed by atoms with E-state index in [2.05, 4.69) is 48.5 Å². The standard InChI is InChI=1S/C14H19N3S/c1-10(2)6-11-4-3-5-12(7-11)14(17-15)13-8-16-9-18-13/h3-5,7-10,14,17H,6,15H2,1-2H3. The van der Waals surface area contributed by atoms with Crippen LogP contribution >= 0.6 is 11.3 Å². The van der Waals surface area contributed by atoms with Crippen molar-refractivity contribution in [2.45, 2.75) is 26.3 Å². The molecule has 0 radical (unpaired) electrons. The number of rotatable bonds is 5. The molecule has 1 unspecified atom stereocenters. The van der Waals surface area contributed by atoms with Crippen molar-refractivity contribution in [2.75, 3.05) is 0 Å². The molecule has 0 spiro atoms. The third kappa shape index (κ3) is 3.16. The minimum absolute atomic E-state index is 0.0320. The molecule has 0 saturated heterocycles. The van der Waals surface area contributed by atoms with Crippen LogP contribution in [-0.2, 0) is 6.42 Å². The number of hydrogen-bond donors (Lipinski definition) is 2. The van der Waals surface area contributed by atoms with Crippen LogP contribution in [0.1, 0.15) is 35.9 Å². The molecular weight excluding hydrogens is 242 g/mol. The Hall–Kier alpha value is -1.23. The number of benzene rings is 1. The first-order chi connectivity index (χ1) is 8.70. The second kappa shape index (κ2) is 6.09. The van der Waals surface area contributed by atoms with E-state index >= 15 is 0 Å². The molecule has 0 fully saturated rings. The van der Waals surface area contributed by atoms with Gasteiger partial charge in [0.2, 0.25) is 0 Å². The fraction of sp³-hybridized carbons (Fsp3) is 0.357. The summed E-state index contributed by atoms with van der Waals surface area (Å²) in [5.41, 5.74) is 7.25. The van der Waals surface area contributed by atoms with E-state index in [4.69, 9.17) is 5.84 Å². The molecule has 0 amide bonds. The molecule has 2 aromatic rings. The van der Waals surface area contributed by atoms with Crippen molar-refractivity contribution >= 4 is 11.3 Å². The Labute approximate surface area is 112 Å². The molecule has 0 bridgehead atoms. The first-order valence-electron chi connectivity index (χ1n) is 6.14. The molecule has 18 heavy (non-hydrogen) atoms. The summed E-state index contributed by atoms with van der Waals surface area (Å²) in [4.78, 5) is 5.25. The fourth-order valence-electron chi connectivity index (χ4n) is 2.08. The molecule has 0 aliphatic carbocycles. The van der Waals surface area contributed by atoms with Crippen LogP contribution in [0.4, 0.5) is 0 Å². The van der Waals surface area contributed by atoms with Crippen molar-refractivity contribution in [3.8, 4) is 0 Å². The highest BCUT2D eigenvalue weighted by molar-refractivity contribution is 7.09. The highest BCUT2D eigenvalue weighted by Gasteiger charge is 2.14. The lowest BCUT2D eigenvalue weighted by atomic mass is 9.98. The van der Waals surface area contributed by atoms with Crippen LogP contribution in [0, 0.1) is 5.92 Å². The van der Waals surface area contributed by atoms with Gasteiger partial charge in [-0.25, -0.2) is 5.43 Å². The predicted octanol–water partition coefficient (Wildman–Crippen LogP) is 2.89. The van der Waals surface area contributed by atoms with Crippen molar-refractivity contribution in [3.63, 3.8) is 0 Å². The minimum atomic E-state index is 0.0320. The second-order valence-electron chi connectivity index (χ2n) is 4.85. The summed E-state index contributed by atoms with van der Waals surface area (Å²) in [6, 6.07) is 8.63. The summed E-state index contributed by atoms with van der Waals surface area (Å²) in [6.45, 7) is 4.46. The van der Waals surface area contributed by atoms with Gasteiger partial charge >= 0.3 is 0 Å². The maximum atomic E-state index is 5.68. The molecule has 2 rings (SSSR count). The van der Waals surface area contributed by atoms with E-state index in [1.165, 1.54) is 11.1 Å². The van der Waals surface area contributed by atoms with Crippen LogP contribution in [0.3, 0.4) is 0 Å². The monoisotopic (exact) mass is 261 g/mol. The topological polar surface area (TPSA) is 50.9 Å². The minimum Gasteiger partial charge on any atom is -0.271 e. The zero-order valence-electron chi connectivity index (χ0n) is 10.8. The van der Waals surface area contributed by atoms with E-state index in [0.717, 1.165) is 11.3 Å². The highest BCUT2D eigenvalue weighted by atomic mass is 32.1. The van der Waals surface area contributed by atoms with Gasteiger partial charge in [0.25, 0.3) is 0 Å². The summed E-state index contributed by atoms with van der Waals surface area (Å²) in [7, 11) is 0. The molecular formula is C14H19N3S. The smallest absolute Gasteiger partial charge is 0.0818 e. The molecule has 1 aromatic heterocycles. The van der Waals surface area contributed by atoms with E-state index in [9.17, 15) is 0 Å².